The molecule has 0 saturated carbocycles. The molecule has 0 atom stereocenters. The van der Waals surface area contributed by atoms with Crippen molar-refractivity contribution in [1.82, 2.24) is 0 Å². The van der Waals surface area contributed by atoms with Crippen molar-refractivity contribution in [3.05, 3.63) is 118 Å². The molecule has 0 radical (unpaired) electrons. The third kappa shape index (κ3) is 6.29. The average Bonchev–Trinajstić information content (AvgIpc) is 2.97. The van der Waals surface area contributed by atoms with Crippen molar-refractivity contribution in [2.45, 2.75) is 0 Å². The van der Waals surface area contributed by atoms with Crippen LogP contribution >= 0.6 is 0 Å². The molecule has 0 unspecified atom stereocenters. The Labute approximate surface area is 236 Å². The van der Waals surface area contributed by atoms with Crippen LogP contribution in [0.2, 0.25) is 0 Å². The molecule has 0 aromatic heterocycles. The number of rotatable bonds is 9. The maximum Gasteiger partial charge on any atom is 0.336 e. The second kappa shape index (κ2) is 11.8. The fraction of sp³-hybridized carbons (Fsp3) is 0. The highest BCUT2D eigenvalue weighted by atomic mass is 16.4. The van der Waals surface area contributed by atoms with Gasteiger partial charge in [-0.3, -0.25) is 9.59 Å². The summed E-state index contributed by atoms with van der Waals surface area (Å²) in [5.41, 5.74) is 0.388. The number of hydrogen-bond donors (Lipinski definition) is 6. The van der Waals surface area contributed by atoms with Gasteiger partial charge in [-0.15, -0.1) is 0 Å². The number of aromatic carboxylic acids is 4. The smallest absolute Gasteiger partial charge is 0.336 e. The molecule has 0 saturated heterocycles. The van der Waals surface area contributed by atoms with E-state index in [9.17, 15) is 39.0 Å². The fourth-order valence-corrected chi connectivity index (χ4v) is 4.00. The molecular formula is C30H20N2O10. The molecule has 0 aliphatic rings. The molecule has 0 spiro atoms. The lowest BCUT2D eigenvalue weighted by Gasteiger charge is -2.10. The standard InChI is InChI=1S/C30H20N2O10/c33-25(17-5-11-21(27(35)36)23(13-17)29(39)40)31-19-7-1-15(2-8-19)16-3-9-20(10-4-16)32-26(34)18-6-12-22(28(37)38)24(14-18)30(41)42/h1-14H,(H,31,33)(H,32,34)(H,35,36)(H,37,38)(H,39,40)(H,41,42). The summed E-state index contributed by atoms with van der Waals surface area (Å²) in [7, 11) is 0. The maximum atomic E-state index is 12.6. The minimum absolute atomic E-state index is 0.0314. The van der Waals surface area contributed by atoms with Crippen LogP contribution in [0.1, 0.15) is 62.1 Å². The Morgan fingerprint density at radius 3 is 1.00 bits per heavy atom. The average molecular weight is 568 g/mol. The molecule has 0 fully saturated rings. The third-order valence-electron chi connectivity index (χ3n) is 6.10. The van der Waals surface area contributed by atoms with Gasteiger partial charge < -0.3 is 31.1 Å². The van der Waals surface area contributed by atoms with Crippen LogP contribution in [0.5, 0.6) is 0 Å². The fourth-order valence-electron chi connectivity index (χ4n) is 4.00. The largest absolute Gasteiger partial charge is 0.478 e. The normalized spacial score (nSPS) is 10.4. The third-order valence-corrected chi connectivity index (χ3v) is 6.10. The molecule has 4 aromatic rings. The van der Waals surface area contributed by atoms with Gasteiger partial charge in [0, 0.05) is 22.5 Å². The Kier molecular flexibility index (Phi) is 8.09. The Hall–Kier alpha value is -6.30. The van der Waals surface area contributed by atoms with Crippen LogP contribution in [0.15, 0.2) is 84.9 Å². The number of anilines is 2. The zero-order valence-corrected chi connectivity index (χ0v) is 21.3. The molecule has 210 valence electrons. The van der Waals surface area contributed by atoms with Gasteiger partial charge in [-0.1, -0.05) is 24.3 Å². The Morgan fingerprint density at radius 2 is 0.714 bits per heavy atom. The van der Waals surface area contributed by atoms with Crippen LogP contribution in [0, 0.1) is 0 Å². The van der Waals surface area contributed by atoms with Gasteiger partial charge in [-0.05, 0) is 71.8 Å². The van der Waals surface area contributed by atoms with Crippen LogP contribution in [-0.2, 0) is 0 Å². The molecule has 12 nitrogen and oxygen atoms in total. The first-order chi connectivity index (χ1) is 19.9. The summed E-state index contributed by atoms with van der Waals surface area (Å²) in [6.07, 6.45) is 0. The van der Waals surface area contributed by atoms with Crippen molar-refractivity contribution >= 4 is 47.1 Å². The molecule has 42 heavy (non-hydrogen) atoms. The summed E-state index contributed by atoms with van der Waals surface area (Å²) >= 11 is 0. The number of carboxylic acids is 4. The maximum absolute atomic E-state index is 12.6. The van der Waals surface area contributed by atoms with Gasteiger partial charge in [-0.25, -0.2) is 19.2 Å². The lowest BCUT2D eigenvalue weighted by molar-refractivity contribution is 0.0651. The minimum Gasteiger partial charge on any atom is -0.478 e. The van der Waals surface area contributed by atoms with E-state index in [0.29, 0.717) is 11.4 Å². The number of carbonyl (C=O) groups excluding carboxylic acids is 2. The molecule has 0 bridgehead atoms. The first kappa shape index (κ1) is 28.7. The van der Waals surface area contributed by atoms with E-state index in [1.807, 2.05) is 0 Å². The number of amides is 2. The van der Waals surface area contributed by atoms with Crippen molar-refractivity contribution in [2.24, 2.45) is 0 Å². The van der Waals surface area contributed by atoms with E-state index < -0.39 is 57.9 Å². The number of benzene rings is 4. The second-order valence-corrected chi connectivity index (χ2v) is 8.80. The zero-order valence-electron chi connectivity index (χ0n) is 21.3. The van der Waals surface area contributed by atoms with Crippen LogP contribution in [0.25, 0.3) is 11.1 Å². The molecule has 6 N–H and O–H groups in total. The van der Waals surface area contributed by atoms with E-state index >= 15 is 0 Å². The number of carbonyl (C=O) groups is 6. The van der Waals surface area contributed by atoms with Crippen LogP contribution in [-0.4, -0.2) is 56.1 Å². The highest BCUT2D eigenvalue weighted by molar-refractivity contribution is 6.09. The monoisotopic (exact) mass is 568 g/mol. The zero-order chi connectivity index (χ0) is 30.6. The van der Waals surface area contributed by atoms with E-state index in [1.165, 1.54) is 12.1 Å². The quantitative estimate of drug-likeness (QED) is 0.165. The molecule has 0 heterocycles. The van der Waals surface area contributed by atoms with Gasteiger partial charge in [0.15, 0.2) is 0 Å². The van der Waals surface area contributed by atoms with E-state index in [-0.39, 0.29) is 11.1 Å². The molecule has 12 heteroatoms. The van der Waals surface area contributed by atoms with Crippen molar-refractivity contribution in [3.8, 4) is 11.1 Å². The topological polar surface area (TPSA) is 207 Å². The van der Waals surface area contributed by atoms with Crippen LogP contribution in [0.3, 0.4) is 0 Å². The first-order valence-electron chi connectivity index (χ1n) is 12.0. The Balaban J connectivity index is 1.43. The lowest BCUT2D eigenvalue weighted by atomic mass is 10.0. The number of hydrogen-bond acceptors (Lipinski definition) is 6. The van der Waals surface area contributed by atoms with Crippen molar-refractivity contribution < 1.29 is 49.2 Å². The van der Waals surface area contributed by atoms with Crippen molar-refractivity contribution in [3.63, 3.8) is 0 Å². The van der Waals surface area contributed by atoms with E-state index in [0.717, 1.165) is 35.4 Å². The van der Waals surface area contributed by atoms with Crippen LogP contribution < -0.4 is 10.6 Å². The van der Waals surface area contributed by atoms with Gasteiger partial charge in [0.05, 0.1) is 22.3 Å². The summed E-state index contributed by atoms with van der Waals surface area (Å²) in [5.74, 6) is -7.05. The Bertz CT molecular complexity index is 1630. The molecule has 0 aliphatic heterocycles. The minimum atomic E-state index is -1.47. The summed E-state index contributed by atoms with van der Waals surface area (Å²) in [4.78, 5) is 70.4. The summed E-state index contributed by atoms with van der Waals surface area (Å²) in [6, 6.07) is 19.9. The van der Waals surface area contributed by atoms with E-state index in [2.05, 4.69) is 10.6 Å². The van der Waals surface area contributed by atoms with E-state index in [4.69, 9.17) is 10.2 Å². The number of nitrogens with one attached hydrogen (secondary N) is 2. The van der Waals surface area contributed by atoms with Gasteiger partial charge >= 0.3 is 23.9 Å². The van der Waals surface area contributed by atoms with Gasteiger partial charge in [0.2, 0.25) is 0 Å². The molecule has 2 amide bonds. The summed E-state index contributed by atoms with van der Waals surface area (Å²) in [6.45, 7) is 0. The second-order valence-electron chi connectivity index (χ2n) is 8.80. The lowest BCUT2D eigenvalue weighted by Crippen LogP contribution is -2.15. The molecule has 0 aliphatic carbocycles. The van der Waals surface area contributed by atoms with Gasteiger partial charge in [0.1, 0.15) is 0 Å². The van der Waals surface area contributed by atoms with Crippen molar-refractivity contribution in [1.29, 1.82) is 0 Å². The highest BCUT2D eigenvalue weighted by Crippen LogP contribution is 2.24. The predicted molar refractivity (Wildman–Crippen MR) is 149 cm³/mol. The Morgan fingerprint density at radius 1 is 0.405 bits per heavy atom. The molecular weight excluding hydrogens is 548 g/mol. The van der Waals surface area contributed by atoms with E-state index in [1.54, 1.807) is 48.5 Å². The van der Waals surface area contributed by atoms with Crippen LogP contribution in [0.4, 0.5) is 11.4 Å². The van der Waals surface area contributed by atoms with Gasteiger partial charge in [0.25, 0.3) is 11.8 Å². The number of carboxylic acid groups (broad SMARTS) is 4. The molecule has 4 rings (SSSR count). The predicted octanol–water partition coefficient (Wildman–Crippen LogP) is 4.65. The first-order valence-corrected chi connectivity index (χ1v) is 12.0. The van der Waals surface area contributed by atoms with Crippen molar-refractivity contribution in [2.75, 3.05) is 10.6 Å². The highest BCUT2D eigenvalue weighted by Gasteiger charge is 2.20. The molecule has 4 aromatic carbocycles. The summed E-state index contributed by atoms with van der Waals surface area (Å²) in [5, 5.41) is 42.0. The summed E-state index contributed by atoms with van der Waals surface area (Å²) < 4.78 is 0. The van der Waals surface area contributed by atoms with Gasteiger partial charge in [-0.2, -0.15) is 0 Å². The SMILES string of the molecule is O=C(Nc1ccc(-c2ccc(NC(=O)c3ccc(C(=O)O)c(C(=O)O)c3)cc2)cc1)c1ccc(C(=O)O)c(C(=O)O)c1.